The topological polar surface area (TPSA) is 72.5 Å². The van der Waals surface area contributed by atoms with Crippen molar-refractivity contribution >= 4 is 27.3 Å². The molecule has 1 aromatic heterocycles. The summed E-state index contributed by atoms with van der Waals surface area (Å²) in [6, 6.07) is 3.52. The van der Waals surface area contributed by atoms with E-state index in [2.05, 4.69) is 9.46 Å². The minimum absolute atomic E-state index is 0.0716. The third kappa shape index (κ3) is 5.16. The first-order valence-corrected chi connectivity index (χ1v) is 8.08. The summed E-state index contributed by atoms with van der Waals surface area (Å²) in [7, 11) is -2.08. The van der Waals surface area contributed by atoms with Gasteiger partial charge in [0, 0.05) is 11.3 Å². The molecule has 0 saturated heterocycles. The first-order chi connectivity index (χ1) is 8.44. The van der Waals surface area contributed by atoms with Crippen molar-refractivity contribution in [3.8, 4) is 0 Å². The Morgan fingerprint density at radius 1 is 1.56 bits per heavy atom. The summed E-state index contributed by atoms with van der Waals surface area (Å²) in [6.07, 6.45) is 0.379. The summed E-state index contributed by atoms with van der Waals surface area (Å²) < 4.78 is 30.5. The molecule has 1 rings (SSSR count). The maximum absolute atomic E-state index is 11.7. The van der Waals surface area contributed by atoms with Crippen molar-refractivity contribution in [3.63, 3.8) is 0 Å². The average molecular weight is 291 g/mol. The van der Waals surface area contributed by atoms with E-state index in [1.165, 1.54) is 18.4 Å². The zero-order valence-electron chi connectivity index (χ0n) is 10.4. The Morgan fingerprint density at radius 3 is 2.83 bits per heavy atom. The van der Waals surface area contributed by atoms with Crippen LogP contribution in [0.1, 0.15) is 30.7 Å². The van der Waals surface area contributed by atoms with Crippen LogP contribution in [0.3, 0.4) is 0 Å². The largest absolute Gasteiger partial charge is 0.469 e. The quantitative estimate of drug-likeness (QED) is 0.776. The zero-order chi connectivity index (χ0) is 13.6. The highest BCUT2D eigenvalue weighted by Crippen LogP contribution is 2.19. The molecule has 0 bridgehead atoms. The normalized spacial score (nSPS) is 13.2. The van der Waals surface area contributed by atoms with Crippen molar-refractivity contribution < 1.29 is 17.9 Å². The Kier molecular flexibility index (Phi) is 5.77. The summed E-state index contributed by atoms with van der Waals surface area (Å²) in [6.45, 7) is 1.80. The van der Waals surface area contributed by atoms with Crippen molar-refractivity contribution in [2.75, 3.05) is 12.9 Å². The van der Waals surface area contributed by atoms with Gasteiger partial charge in [-0.15, -0.1) is 11.3 Å². The molecule has 0 spiro atoms. The minimum atomic E-state index is -3.36. The Morgan fingerprint density at radius 2 is 2.28 bits per heavy atom. The molecule has 0 amide bonds. The fourth-order valence-corrected chi connectivity index (χ4v) is 3.55. The predicted octanol–water partition coefficient (Wildman–Crippen LogP) is 1.68. The van der Waals surface area contributed by atoms with Crippen LogP contribution in [0.5, 0.6) is 0 Å². The lowest BCUT2D eigenvalue weighted by molar-refractivity contribution is -0.140. The van der Waals surface area contributed by atoms with E-state index in [1.54, 1.807) is 6.92 Å². The molecule has 1 atom stereocenters. The molecule has 5 nitrogen and oxygen atoms in total. The summed E-state index contributed by atoms with van der Waals surface area (Å²) in [5.74, 6) is -0.464. The highest BCUT2D eigenvalue weighted by Gasteiger charge is 2.16. The van der Waals surface area contributed by atoms with Crippen molar-refractivity contribution in [1.29, 1.82) is 0 Å². The van der Waals surface area contributed by atoms with Crippen LogP contribution in [0.15, 0.2) is 17.5 Å². The number of esters is 1. The number of sulfonamides is 1. The molecule has 7 heteroatoms. The maximum atomic E-state index is 11.7. The fraction of sp³-hybridized carbons (Fsp3) is 0.545. The molecule has 1 N–H and O–H groups in total. The monoisotopic (exact) mass is 291 g/mol. The summed E-state index contributed by atoms with van der Waals surface area (Å²) in [5.41, 5.74) is 0. The maximum Gasteiger partial charge on any atom is 0.305 e. The third-order valence-corrected chi connectivity index (χ3v) is 4.94. The molecule has 0 aliphatic heterocycles. The molecule has 18 heavy (non-hydrogen) atoms. The number of carbonyl (C=O) groups is 1. The van der Waals surface area contributed by atoms with Gasteiger partial charge < -0.3 is 4.74 Å². The Bertz CT molecular complexity index is 467. The fourth-order valence-electron chi connectivity index (χ4n) is 1.43. The van der Waals surface area contributed by atoms with Crippen LogP contribution >= 0.6 is 11.3 Å². The van der Waals surface area contributed by atoms with Crippen LogP contribution in [-0.4, -0.2) is 27.2 Å². The van der Waals surface area contributed by atoms with Crippen LogP contribution in [-0.2, 0) is 19.6 Å². The molecule has 0 saturated carbocycles. The molecule has 0 aromatic carbocycles. The summed E-state index contributed by atoms with van der Waals surface area (Å²) in [5, 5.41) is 1.90. The zero-order valence-corrected chi connectivity index (χ0v) is 12.0. The van der Waals surface area contributed by atoms with E-state index >= 15 is 0 Å². The van der Waals surface area contributed by atoms with Gasteiger partial charge in [0.2, 0.25) is 10.0 Å². The van der Waals surface area contributed by atoms with Gasteiger partial charge in [-0.1, -0.05) is 6.07 Å². The highest BCUT2D eigenvalue weighted by atomic mass is 32.2. The van der Waals surface area contributed by atoms with Crippen molar-refractivity contribution in [3.05, 3.63) is 22.4 Å². The molecular formula is C11H17NO4S2. The van der Waals surface area contributed by atoms with Gasteiger partial charge in [-0.05, 0) is 24.8 Å². The van der Waals surface area contributed by atoms with E-state index in [4.69, 9.17) is 0 Å². The van der Waals surface area contributed by atoms with Crippen molar-refractivity contribution in [2.45, 2.75) is 25.8 Å². The number of hydrogen-bond acceptors (Lipinski definition) is 5. The molecular weight excluding hydrogens is 274 g/mol. The molecule has 1 heterocycles. The van der Waals surface area contributed by atoms with Gasteiger partial charge >= 0.3 is 5.97 Å². The lowest BCUT2D eigenvalue weighted by Crippen LogP contribution is -2.29. The Hall–Kier alpha value is -0.920. The predicted molar refractivity (Wildman–Crippen MR) is 70.9 cm³/mol. The lowest BCUT2D eigenvalue weighted by atomic mass is 10.3. The molecule has 0 fully saturated rings. The molecule has 102 valence electrons. The first-order valence-electron chi connectivity index (χ1n) is 5.55. The van der Waals surface area contributed by atoms with Crippen LogP contribution < -0.4 is 4.72 Å². The van der Waals surface area contributed by atoms with Gasteiger partial charge in [0.25, 0.3) is 0 Å². The van der Waals surface area contributed by atoms with Gasteiger partial charge in [-0.25, -0.2) is 13.1 Å². The standard InChI is InChI=1S/C11H17NO4S2/c1-9(10-5-3-7-17-10)12-18(14,15)8-4-6-11(13)16-2/h3,5,7,9,12H,4,6,8H2,1-2H3/t9-/m0/s1. The number of carbonyl (C=O) groups excluding carboxylic acids is 1. The smallest absolute Gasteiger partial charge is 0.305 e. The van der Waals surface area contributed by atoms with Crippen LogP contribution in [0.4, 0.5) is 0 Å². The summed E-state index contributed by atoms with van der Waals surface area (Å²) in [4.78, 5) is 11.8. The van der Waals surface area contributed by atoms with E-state index in [0.717, 1.165) is 4.88 Å². The van der Waals surface area contributed by atoms with E-state index in [0.29, 0.717) is 0 Å². The van der Waals surface area contributed by atoms with Gasteiger partial charge in [0.15, 0.2) is 0 Å². The van der Waals surface area contributed by atoms with Gasteiger partial charge in [0.05, 0.1) is 18.9 Å². The number of thiophene rings is 1. The molecule has 0 unspecified atom stereocenters. The number of nitrogens with one attached hydrogen (secondary N) is 1. The number of hydrogen-bond donors (Lipinski definition) is 1. The SMILES string of the molecule is COC(=O)CCCS(=O)(=O)N[C@@H](C)c1cccs1. The van der Waals surface area contributed by atoms with Gasteiger partial charge in [-0.2, -0.15) is 0 Å². The van der Waals surface area contributed by atoms with E-state index in [9.17, 15) is 13.2 Å². The van der Waals surface area contributed by atoms with Crippen molar-refractivity contribution in [1.82, 2.24) is 4.72 Å². The van der Waals surface area contributed by atoms with Crippen LogP contribution in [0, 0.1) is 0 Å². The molecule has 1 aromatic rings. The number of ether oxygens (including phenoxy) is 1. The third-order valence-electron chi connectivity index (χ3n) is 2.35. The van der Waals surface area contributed by atoms with Crippen LogP contribution in [0.2, 0.25) is 0 Å². The van der Waals surface area contributed by atoms with Gasteiger partial charge in [0.1, 0.15) is 0 Å². The van der Waals surface area contributed by atoms with Crippen LogP contribution in [0.25, 0.3) is 0 Å². The molecule has 0 aliphatic rings. The average Bonchev–Trinajstić information content (AvgIpc) is 2.81. The highest BCUT2D eigenvalue weighted by molar-refractivity contribution is 7.89. The second kappa shape index (κ2) is 6.86. The summed E-state index contributed by atoms with van der Waals surface area (Å²) >= 11 is 1.50. The van der Waals surface area contributed by atoms with Gasteiger partial charge in [-0.3, -0.25) is 4.79 Å². The Balaban J connectivity index is 2.42. The minimum Gasteiger partial charge on any atom is -0.469 e. The van der Waals surface area contributed by atoms with Crippen molar-refractivity contribution in [2.24, 2.45) is 0 Å². The van der Waals surface area contributed by atoms with E-state index < -0.39 is 16.0 Å². The number of methoxy groups -OCH3 is 1. The lowest BCUT2D eigenvalue weighted by Gasteiger charge is -2.12. The second-order valence-corrected chi connectivity index (χ2v) is 6.71. The number of rotatable bonds is 7. The first kappa shape index (κ1) is 15.1. The second-order valence-electron chi connectivity index (χ2n) is 3.85. The van der Waals surface area contributed by atoms with E-state index in [-0.39, 0.29) is 24.6 Å². The molecule has 0 radical (unpaired) electrons. The Labute approximate surface area is 111 Å². The van der Waals surface area contributed by atoms with E-state index in [1.807, 2.05) is 17.5 Å². The molecule has 0 aliphatic carbocycles.